The molecule has 0 N–H and O–H groups in total. The molecule has 3 heteroatoms. The molecular formula is C26H22N3+. The van der Waals surface area contributed by atoms with Crippen molar-refractivity contribution in [1.29, 1.82) is 5.26 Å². The van der Waals surface area contributed by atoms with Crippen LogP contribution in [0.3, 0.4) is 0 Å². The molecule has 5 rings (SSSR count). The van der Waals surface area contributed by atoms with Gasteiger partial charge in [0.25, 0.3) is 11.3 Å². The van der Waals surface area contributed by atoms with Gasteiger partial charge in [0, 0.05) is 16.3 Å². The monoisotopic (exact) mass is 376 g/mol. The molecule has 3 aromatic carbocycles. The minimum absolute atomic E-state index is 0.684. The Morgan fingerprint density at radius 2 is 1.41 bits per heavy atom. The number of hydrogen-bond donors (Lipinski definition) is 0. The van der Waals surface area contributed by atoms with E-state index in [2.05, 4.69) is 96.5 Å². The van der Waals surface area contributed by atoms with E-state index in [0.717, 1.165) is 22.4 Å². The van der Waals surface area contributed by atoms with Gasteiger partial charge in [0.2, 0.25) is 0 Å². The number of pyridine rings is 1. The Bertz CT molecular complexity index is 1480. The molecule has 140 valence electrons. The van der Waals surface area contributed by atoms with Crippen molar-refractivity contribution in [2.75, 3.05) is 0 Å². The van der Waals surface area contributed by atoms with Crippen molar-refractivity contribution in [3.8, 4) is 17.3 Å². The summed E-state index contributed by atoms with van der Waals surface area (Å²) in [6.45, 7) is 6.39. The lowest BCUT2D eigenvalue weighted by Crippen LogP contribution is -2.30. The fourth-order valence-electron chi connectivity index (χ4n) is 4.77. The molecule has 0 fully saturated rings. The number of hydrogen-bond acceptors (Lipinski definition) is 1. The molecule has 0 aliphatic rings. The largest absolute Gasteiger partial charge is 0.296 e. The maximum absolute atomic E-state index is 10.2. The fraction of sp³-hybridized carbons (Fsp3) is 0.154. The Morgan fingerprint density at radius 1 is 0.793 bits per heavy atom. The highest BCUT2D eigenvalue weighted by atomic mass is 15.1. The topological polar surface area (TPSA) is 32.1 Å². The molecule has 0 aliphatic carbocycles. The van der Waals surface area contributed by atoms with Gasteiger partial charge in [-0.05, 0) is 43.5 Å². The number of benzene rings is 3. The number of aryl methyl sites for hydroxylation is 4. The Balaban J connectivity index is 2.19. The number of fused-ring (bicyclic) bond motifs is 6. The SMILES string of the molecule is Cc1cccc(C)c1-c1c(C#N)[n+](C)c2c3c(C)cccc3c3ccccc3n12. The van der Waals surface area contributed by atoms with Crippen LogP contribution in [0.25, 0.3) is 38.6 Å². The zero-order chi connectivity index (χ0) is 20.3. The van der Waals surface area contributed by atoms with Crippen molar-refractivity contribution in [3.05, 3.63) is 83.0 Å². The maximum Gasteiger partial charge on any atom is 0.296 e. The van der Waals surface area contributed by atoms with Crippen LogP contribution in [0.4, 0.5) is 0 Å². The van der Waals surface area contributed by atoms with E-state index in [4.69, 9.17) is 0 Å². The average molecular weight is 376 g/mol. The van der Waals surface area contributed by atoms with E-state index in [9.17, 15) is 5.26 Å². The third-order valence-corrected chi connectivity index (χ3v) is 6.07. The van der Waals surface area contributed by atoms with Crippen LogP contribution in [0.2, 0.25) is 0 Å². The summed E-state index contributed by atoms with van der Waals surface area (Å²) in [6, 6.07) is 23.8. The second-order valence-corrected chi connectivity index (χ2v) is 7.81. The molecule has 2 aromatic heterocycles. The molecule has 0 bridgehead atoms. The van der Waals surface area contributed by atoms with Crippen molar-refractivity contribution in [2.24, 2.45) is 7.05 Å². The van der Waals surface area contributed by atoms with Crippen LogP contribution in [0.15, 0.2) is 60.7 Å². The first-order valence-electron chi connectivity index (χ1n) is 9.85. The van der Waals surface area contributed by atoms with E-state index in [-0.39, 0.29) is 0 Å². The van der Waals surface area contributed by atoms with E-state index in [0.29, 0.717) is 5.69 Å². The van der Waals surface area contributed by atoms with Crippen LogP contribution in [-0.4, -0.2) is 4.40 Å². The predicted molar refractivity (Wildman–Crippen MR) is 118 cm³/mol. The molecule has 0 aliphatic heterocycles. The second kappa shape index (κ2) is 6.18. The minimum atomic E-state index is 0.684. The molecule has 0 atom stereocenters. The summed E-state index contributed by atoms with van der Waals surface area (Å²) in [6.07, 6.45) is 0. The van der Waals surface area contributed by atoms with Crippen LogP contribution in [-0.2, 0) is 7.05 Å². The summed E-state index contributed by atoms with van der Waals surface area (Å²) in [5.41, 5.74) is 8.54. The second-order valence-electron chi connectivity index (χ2n) is 7.81. The van der Waals surface area contributed by atoms with E-state index >= 15 is 0 Å². The number of rotatable bonds is 1. The molecule has 29 heavy (non-hydrogen) atoms. The van der Waals surface area contributed by atoms with Crippen LogP contribution in [0.5, 0.6) is 0 Å². The van der Waals surface area contributed by atoms with Crippen molar-refractivity contribution in [1.82, 2.24) is 4.40 Å². The smallest absolute Gasteiger partial charge is 0.216 e. The number of aromatic nitrogens is 2. The zero-order valence-corrected chi connectivity index (χ0v) is 17.1. The number of nitriles is 1. The first kappa shape index (κ1) is 17.5. The number of imidazole rings is 1. The minimum Gasteiger partial charge on any atom is -0.216 e. The summed E-state index contributed by atoms with van der Waals surface area (Å²) in [4.78, 5) is 0. The summed E-state index contributed by atoms with van der Waals surface area (Å²) in [5, 5.41) is 13.8. The van der Waals surface area contributed by atoms with Gasteiger partial charge >= 0.3 is 0 Å². The first-order chi connectivity index (χ1) is 14.0. The van der Waals surface area contributed by atoms with Gasteiger partial charge in [-0.15, -0.1) is 0 Å². The molecule has 0 saturated carbocycles. The third-order valence-electron chi connectivity index (χ3n) is 6.07. The van der Waals surface area contributed by atoms with E-state index in [1.54, 1.807) is 0 Å². The van der Waals surface area contributed by atoms with Gasteiger partial charge in [-0.2, -0.15) is 9.66 Å². The van der Waals surface area contributed by atoms with Crippen LogP contribution >= 0.6 is 0 Å². The van der Waals surface area contributed by atoms with Gasteiger partial charge in [-0.25, -0.2) is 4.57 Å². The molecule has 0 unspecified atom stereocenters. The Labute approximate surface area is 170 Å². The van der Waals surface area contributed by atoms with Crippen molar-refractivity contribution < 1.29 is 4.57 Å². The molecular weight excluding hydrogens is 354 g/mol. The molecule has 3 nitrogen and oxygen atoms in total. The molecule has 0 radical (unpaired) electrons. The molecule has 0 spiro atoms. The van der Waals surface area contributed by atoms with E-state index < -0.39 is 0 Å². The van der Waals surface area contributed by atoms with Gasteiger partial charge in [0.15, 0.2) is 5.69 Å². The molecule has 5 aromatic rings. The third kappa shape index (κ3) is 2.26. The van der Waals surface area contributed by atoms with Crippen LogP contribution < -0.4 is 4.57 Å². The van der Waals surface area contributed by atoms with Gasteiger partial charge < -0.3 is 0 Å². The lowest BCUT2D eigenvalue weighted by atomic mass is 9.98. The molecule has 0 amide bonds. The van der Waals surface area contributed by atoms with Gasteiger partial charge in [0.05, 0.1) is 12.4 Å². The number of nitrogens with zero attached hydrogens (tertiary/aromatic N) is 3. The lowest BCUT2D eigenvalue weighted by Gasteiger charge is -2.10. The number of para-hydroxylation sites is 1. The van der Waals surface area contributed by atoms with Gasteiger partial charge in [-0.3, -0.25) is 0 Å². The standard InChI is InChI=1S/C26H22N3/c1-16-9-7-10-17(2)23(16)25-22(15-27)28(4)26-24-18(3)11-8-13-20(24)19-12-5-6-14-21(19)29(25)26/h5-14H,1-4H3/q+1. The van der Waals surface area contributed by atoms with Crippen molar-refractivity contribution >= 4 is 27.3 Å². The lowest BCUT2D eigenvalue weighted by molar-refractivity contribution is -0.645. The molecule has 2 heterocycles. The summed E-state index contributed by atoms with van der Waals surface area (Å²) in [5.74, 6) is 0. The summed E-state index contributed by atoms with van der Waals surface area (Å²) < 4.78 is 4.35. The van der Waals surface area contributed by atoms with Crippen molar-refractivity contribution in [2.45, 2.75) is 20.8 Å². The Morgan fingerprint density at radius 3 is 2.14 bits per heavy atom. The van der Waals surface area contributed by atoms with E-state index in [1.165, 1.54) is 32.8 Å². The maximum atomic E-state index is 10.2. The van der Waals surface area contributed by atoms with E-state index in [1.807, 2.05) is 7.05 Å². The highest BCUT2D eigenvalue weighted by Crippen LogP contribution is 2.37. The highest BCUT2D eigenvalue weighted by molar-refractivity contribution is 6.13. The predicted octanol–water partition coefficient (Wildman–Crippen LogP) is 5.53. The average Bonchev–Trinajstić information content (AvgIpc) is 3.00. The highest BCUT2D eigenvalue weighted by Gasteiger charge is 2.31. The normalized spacial score (nSPS) is 11.4. The van der Waals surface area contributed by atoms with Gasteiger partial charge in [-0.1, -0.05) is 54.6 Å². The Hall–Kier alpha value is -3.64. The van der Waals surface area contributed by atoms with Crippen molar-refractivity contribution in [3.63, 3.8) is 0 Å². The Kier molecular flexibility index (Phi) is 3.72. The zero-order valence-electron chi connectivity index (χ0n) is 17.1. The summed E-state index contributed by atoms with van der Waals surface area (Å²) in [7, 11) is 2.01. The first-order valence-corrected chi connectivity index (χ1v) is 9.85. The fourth-order valence-corrected chi connectivity index (χ4v) is 4.77. The van der Waals surface area contributed by atoms with Crippen LogP contribution in [0, 0.1) is 32.1 Å². The summed E-state index contributed by atoms with van der Waals surface area (Å²) >= 11 is 0. The van der Waals surface area contributed by atoms with Gasteiger partial charge in [0.1, 0.15) is 11.6 Å². The molecule has 0 saturated heterocycles. The van der Waals surface area contributed by atoms with Crippen LogP contribution in [0.1, 0.15) is 22.4 Å². The quantitative estimate of drug-likeness (QED) is 0.279.